The van der Waals surface area contributed by atoms with Crippen LogP contribution in [0.1, 0.15) is 20.3 Å². The van der Waals surface area contributed by atoms with Gasteiger partial charge in [0.05, 0.1) is 0 Å². The molecule has 0 aromatic rings. The topological polar surface area (TPSA) is 110 Å². The second-order valence-electron chi connectivity index (χ2n) is 4.93. The van der Waals surface area contributed by atoms with Crippen molar-refractivity contribution in [1.29, 1.82) is 0 Å². The normalized spacial score (nSPS) is 18.9. The number of carboxylic acid groups (broad SMARTS) is 1. The summed E-state index contributed by atoms with van der Waals surface area (Å²) in [6.07, 6.45) is 0.404. The van der Waals surface area contributed by atoms with Crippen molar-refractivity contribution in [3.63, 3.8) is 0 Å². The van der Waals surface area contributed by atoms with Crippen LogP contribution < -0.4 is 5.32 Å². The van der Waals surface area contributed by atoms with E-state index in [1.165, 1.54) is 4.90 Å². The molecule has 8 nitrogen and oxygen atoms in total. The highest BCUT2D eigenvalue weighted by molar-refractivity contribution is 5.90. The van der Waals surface area contributed by atoms with Gasteiger partial charge < -0.3 is 20.4 Å². The molecule has 0 spiro atoms. The first kappa shape index (κ1) is 16.2. The minimum atomic E-state index is -1.15. The maximum Gasteiger partial charge on any atom is 0.328 e. The van der Waals surface area contributed by atoms with Gasteiger partial charge in [-0.1, -0.05) is 0 Å². The predicted octanol–water partition coefficient (Wildman–Crippen LogP) is -0.916. The van der Waals surface area contributed by atoms with E-state index >= 15 is 0 Å². The number of piperazine rings is 1. The number of urea groups is 1. The number of carboxylic acids is 1. The summed E-state index contributed by atoms with van der Waals surface area (Å²) in [4.78, 5) is 37.5. The third-order valence-corrected chi connectivity index (χ3v) is 3.14. The molecule has 0 radical (unpaired) electrons. The van der Waals surface area contributed by atoms with Gasteiger partial charge in [-0.3, -0.25) is 9.69 Å². The van der Waals surface area contributed by atoms with E-state index in [4.69, 9.17) is 10.2 Å². The molecule has 0 saturated carbocycles. The van der Waals surface area contributed by atoms with Crippen LogP contribution in [-0.2, 0) is 9.59 Å². The van der Waals surface area contributed by atoms with E-state index in [0.29, 0.717) is 13.0 Å². The lowest BCUT2D eigenvalue weighted by Gasteiger charge is -2.38. The van der Waals surface area contributed by atoms with Gasteiger partial charge in [-0.15, -0.1) is 0 Å². The van der Waals surface area contributed by atoms with Crippen LogP contribution in [0.5, 0.6) is 0 Å². The summed E-state index contributed by atoms with van der Waals surface area (Å²) < 4.78 is 0. The highest BCUT2D eigenvalue weighted by atomic mass is 16.4. The summed E-state index contributed by atoms with van der Waals surface area (Å²) >= 11 is 0. The molecule has 1 saturated heterocycles. The number of aliphatic hydroxyl groups excluding tert-OH is 1. The molecule has 0 aromatic carbocycles. The maximum absolute atomic E-state index is 12.4. The summed E-state index contributed by atoms with van der Waals surface area (Å²) in [5, 5.41) is 20.4. The van der Waals surface area contributed by atoms with Crippen LogP contribution in [0.2, 0.25) is 0 Å². The molecule has 1 rings (SSSR count). The summed E-state index contributed by atoms with van der Waals surface area (Å²) in [5.74, 6) is -1.52. The van der Waals surface area contributed by atoms with E-state index in [1.54, 1.807) is 13.8 Å². The molecule has 3 N–H and O–H groups in total. The Hall–Kier alpha value is -1.83. The van der Waals surface area contributed by atoms with Gasteiger partial charge in [-0.2, -0.15) is 0 Å². The smallest absolute Gasteiger partial charge is 0.328 e. The van der Waals surface area contributed by atoms with Crippen LogP contribution in [0.15, 0.2) is 0 Å². The molecule has 114 valence electrons. The second-order valence-corrected chi connectivity index (χ2v) is 4.93. The van der Waals surface area contributed by atoms with Crippen molar-refractivity contribution in [3.05, 3.63) is 0 Å². The summed E-state index contributed by atoms with van der Waals surface area (Å²) in [5.41, 5.74) is 0. The predicted molar refractivity (Wildman–Crippen MR) is 70.1 cm³/mol. The Labute approximate surface area is 117 Å². The highest BCUT2D eigenvalue weighted by Crippen LogP contribution is 2.12. The Morgan fingerprint density at radius 1 is 1.50 bits per heavy atom. The lowest BCUT2D eigenvalue weighted by Crippen LogP contribution is -2.62. The quantitative estimate of drug-likeness (QED) is 0.606. The van der Waals surface area contributed by atoms with Crippen molar-refractivity contribution in [3.8, 4) is 0 Å². The third-order valence-electron chi connectivity index (χ3n) is 3.14. The summed E-state index contributed by atoms with van der Waals surface area (Å²) in [6, 6.07) is -1.69. The molecule has 20 heavy (non-hydrogen) atoms. The number of aliphatic carboxylic acids is 1. The molecule has 0 aromatic heterocycles. The molecule has 1 unspecified atom stereocenters. The largest absolute Gasteiger partial charge is 0.480 e. The number of carbonyl (C=O) groups is 3. The van der Waals surface area contributed by atoms with Crippen molar-refractivity contribution in [2.75, 3.05) is 26.2 Å². The fourth-order valence-corrected chi connectivity index (χ4v) is 2.04. The Morgan fingerprint density at radius 2 is 2.15 bits per heavy atom. The van der Waals surface area contributed by atoms with Crippen LogP contribution in [0, 0.1) is 0 Å². The van der Waals surface area contributed by atoms with Crippen molar-refractivity contribution in [1.82, 2.24) is 15.1 Å². The fourth-order valence-electron chi connectivity index (χ4n) is 2.04. The molecular weight excluding hydrogens is 266 g/mol. The molecule has 1 atom stereocenters. The number of hydrogen-bond acceptors (Lipinski definition) is 4. The van der Waals surface area contributed by atoms with Crippen LogP contribution in [-0.4, -0.2) is 76.2 Å². The van der Waals surface area contributed by atoms with Crippen LogP contribution in [0.25, 0.3) is 0 Å². The van der Waals surface area contributed by atoms with Gasteiger partial charge in [0.25, 0.3) is 0 Å². The number of carbonyl (C=O) groups excluding carboxylic acids is 2. The number of nitrogens with one attached hydrogen (secondary N) is 1. The van der Waals surface area contributed by atoms with E-state index in [9.17, 15) is 14.4 Å². The third kappa shape index (κ3) is 3.83. The summed E-state index contributed by atoms with van der Waals surface area (Å²) in [7, 11) is 0. The van der Waals surface area contributed by atoms with Crippen molar-refractivity contribution in [2.45, 2.75) is 32.4 Å². The fraction of sp³-hybridized carbons (Fsp3) is 0.750. The second kappa shape index (κ2) is 7.09. The van der Waals surface area contributed by atoms with Crippen LogP contribution >= 0.6 is 0 Å². The first-order chi connectivity index (χ1) is 9.38. The number of nitrogens with zero attached hydrogens (tertiary/aromatic N) is 2. The average molecular weight is 287 g/mol. The lowest BCUT2D eigenvalue weighted by atomic mass is 10.2. The minimum absolute atomic E-state index is 0.0562. The molecular formula is C12H21N3O5. The molecule has 3 amide bonds. The number of hydrogen-bond donors (Lipinski definition) is 3. The molecule has 8 heteroatoms. The van der Waals surface area contributed by atoms with Gasteiger partial charge in [-0.05, 0) is 20.3 Å². The molecule has 1 aliphatic heterocycles. The van der Waals surface area contributed by atoms with Crippen LogP contribution in [0.3, 0.4) is 0 Å². The van der Waals surface area contributed by atoms with Gasteiger partial charge in [0.2, 0.25) is 5.91 Å². The maximum atomic E-state index is 12.4. The minimum Gasteiger partial charge on any atom is -0.480 e. The highest BCUT2D eigenvalue weighted by Gasteiger charge is 2.37. The van der Waals surface area contributed by atoms with Gasteiger partial charge in [0.15, 0.2) is 0 Å². The molecule has 1 fully saturated rings. The monoisotopic (exact) mass is 287 g/mol. The molecule has 0 aliphatic carbocycles. The van der Waals surface area contributed by atoms with E-state index in [-0.39, 0.29) is 31.6 Å². The number of amides is 3. The van der Waals surface area contributed by atoms with Crippen molar-refractivity contribution < 1.29 is 24.6 Å². The molecule has 1 heterocycles. The van der Waals surface area contributed by atoms with E-state index in [2.05, 4.69) is 5.32 Å². The Bertz CT molecular complexity index is 385. The zero-order valence-electron chi connectivity index (χ0n) is 11.7. The Kier molecular flexibility index (Phi) is 5.75. The SMILES string of the molecule is CC(C)N(CCCO)C(=O)N1CC(=O)NCC1C(=O)O. The van der Waals surface area contributed by atoms with Gasteiger partial charge in [0, 0.05) is 25.7 Å². The number of rotatable bonds is 5. The molecule has 0 bridgehead atoms. The van der Waals surface area contributed by atoms with Crippen molar-refractivity contribution in [2.24, 2.45) is 0 Å². The first-order valence-electron chi connectivity index (χ1n) is 6.56. The van der Waals surface area contributed by atoms with Crippen molar-refractivity contribution >= 4 is 17.9 Å². The van der Waals surface area contributed by atoms with Crippen LogP contribution in [0.4, 0.5) is 4.79 Å². The number of aliphatic hydroxyl groups is 1. The standard InChI is InChI=1S/C12H21N3O5/c1-8(2)14(4-3-5-16)12(20)15-7-10(17)13-6-9(15)11(18)19/h8-9,16H,3-7H2,1-2H3,(H,13,17)(H,18,19). The van der Waals surface area contributed by atoms with E-state index in [0.717, 1.165) is 4.90 Å². The lowest BCUT2D eigenvalue weighted by molar-refractivity contribution is -0.144. The Morgan fingerprint density at radius 3 is 2.65 bits per heavy atom. The zero-order chi connectivity index (χ0) is 15.3. The Balaban J connectivity index is 2.87. The first-order valence-corrected chi connectivity index (χ1v) is 6.56. The van der Waals surface area contributed by atoms with Gasteiger partial charge in [0.1, 0.15) is 12.6 Å². The zero-order valence-corrected chi connectivity index (χ0v) is 11.7. The van der Waals surface area contributed by atoms with E-state index < -0.39 is 18.0 Å². The van der Waals surface area contributed by atoms with Gasteiger partial charge in [-0.25, -0.2) is 9.59 Å². The molecule has 1 aliphatic rings. The van der Waals surface area contributed by atoms with E-state index in [1.807, 2.05) is 0 Å². The average Bonchev–Trinajstić information content (AvgIpc) is 2.38. The van der Waals surface area contributed by atoms with Gasteiger partial charge >= 0.3 is 12.0 Å². The summed E-state index contributed by atoms with van der Waals surface area (Å²) in [6.45, 7) is 3.50.